The van der Waals surface area contributed by atoms with Crippen molar-refractivity contribution in [3.05, 3.63) is 176 Å². The van der Waals surface area contributed by atoms with Crippen LogP contribution >= 0.6 is 22.7 Å². The summed E-state index contributed by atoms with van der Waals surface area (Å²) in [5, 5.41) is 7.72. The van der Waals surface area contributed by atoms with E-state index >= 15 is 0 Å². The molecule has 0 N–H and O–H groups in total. The van der Waals surface area contributed by atoms with Gasteiger partial charge in [0.05, 0.1) is 10.4 Å². The quantitative estimate of drug-likeness (QED) is 0.178. The van der Waals surface area contributed by atoms with Crippen LogP contribution in [0.1, 0.15) is 0 Å². The maximum Gasteiger partial charge on any atom is 0.0640 e. The highest BCUT2D eigenvalue weighted by atomic mass is 32.1. The minimum Gasteiger partial charge on any atom is -0.309 e. The number of anilines is 3. The zero-order valence-corrected chi connectivity index (χ0v) is 28.1. The fourth-order valence-corrected chi connectivity index (χ4v) is 9.80. The lowest BCUT2D eigenvalue weighted by Gasteiger charge is -2.26. The molecule has 10 aromatic rings. The van der Waals surface area contributed by atoms with Gasteiger partial charge in [0.2, 0.25) is 0 Å². The van der Waals surface area contributed by atoms with Crippen LogP contribution in [0.5, 0.6) is 0 Å². The molecule has 230 valence electrons. The average molecular weight is 660 g/mol. The molecule has 49 heavy (non-hydrogen) atoms. The van der Waals surface area contributed by atoms with Crippen LogP contribution in [0.4, 0.5) is 17.1 Å². The highest BCUT2D eigenvalue weighted by molar-refractivity contribution is 7.27. The van der Waals surface area contributed by atoms with Crippen molar-refractivity contribution in [1.82, 2.24) is 0 Å². The first kappa shape index (κ1) is 28.3. The lowest BCUT2D eigenvalue weighted by molar-refractivity contribution is 1.31. The normalized spacial score (nSPS) is 11.7. The Labute approximate surface area is 292 Å². The summed E-state index contributed by atoms with van der Waals surface area (Å²) in [5.41, 5.74) is 8.47. The smallest absolute Gasteiger partial charge is 0.0640 e. The summed E-state index contributed by atoms with van der Waals surface area (Å²) in [4.78, 5) is 2.46. The third-order valence-corrected chi connectivity index (χ3v) is 12.1. The number of fused-ring (bicyclic) bond motifs is 7. The lowest BCUT2D eigenvalue weighted by Crippen LogP contribution is -2.10. The molecule has 0 unspecified atom stereocenters. The molecular formula is C46H29NS2. The second-order valence-corrected chi connectivity index (χ2v) is 14.6. The Morgan fingerprint density at radius 3 is 1.84 bits per heavy atom. The monoisotopic (exact) mass is 659 g/mol. The van der Waals surface area contributed by atoms with E-state index in [0.29, 0.717) is 0 Å². The molecule has 0 aliphatic rings. The summed E-state index contributed by atoms with van der Waals surface area (Å²) in [6, 6.07) is 64.4. The fourth-order valence-electron chi connectivity index (χ4n) is 7.37. The van der Waals surface area contributed by atoms with Gasteiger partial charge in [-0.3, -0.25) is 0 Å². The summed E-state index contributed by atoms with van der Waals surface area (Å²) < 4.78 is 5.24. The molecule has 0 radical (unpaired) electrons. The Morgan fingerprint density at radius 1 is 0.347 bits per heavy atom. The van der Waals surface area contributed by atoms with Gasteiger partial charge in [-0.05, 0) is 75.5 Å². The summed E-state index contributed by atoms with van der Waals surface area (Å²) in [5.74, 6) is 0. The molecule has 0 fully saturated rings. The van der Waals surface area contributed by atoms with Crippen LogP contribution in [0.15, 0.2) is 176 Å². The third kappa shape index (κ3) is 4.66. The highest BCUT2D eigenvalue weighted by Gasteiger charge is 2.20. The van der Waals surface area contributed by atoms with E-state index in [0.717, 1.165) is 11.4 Å². The van der Waals surface area contributed by atoms with Gasteiger partial charge in [0.1, 0.15) is 0 Å². The van der Waals surface area contributed by atoms with Crippen LogP contribution in [0.25, 0.3) is 73.4 Å². The molecule has 0 aliphatic heterocycles. The van der Waals surface area contributed by atoms with Gasteiger partial charge >= 0.3 is 0 Å². The Hall–Kier alpha value is -5.74. The standard InChI is InChI=1S/C46H29NS2/c1-2-11-31(12-3-1)37-18-9-19-39-40-20-10-21-42(46(40)49-45(37)39)47(34-27-28-44-41(29-34)38-16-6-7-22-43(38)48-44)33-25-23-32(24-26-33)36-17-8-14-30-13-4-5-15-35(30)36/h1-29H. The first-order valence-electron chi connectivity index (χ1n) is 16.6. The number of thiophene rings is 2. The Balaban J connectivity index is 1.20. The molecule has 8 aromatic carbocycles. The van der Waals surface area contributed by atoms with Crippen molar-refractivity contribution in [2.45, 2.75) is 0 Å². The van der Waals surface area contributed by atoms with E-state index in [-0.39, 0.29) is 0 Å². The minimum atomic E-state index is 1.14. The van der Waals surface area contributed by atoms with E-state index in [1.54, 1.807) is 0 Å². The molecule has 2 aromatic heterocycles. The molecule has 0 saturated carbocycles. The molecule has 0 amide bonds. The molecule has 10 rings (SSSR count). The Morgan fingerprint density at radius 2 is 0.959 bits per heavy atom. The molecule has 0 saturated heterocycles. The second kappa shape index (κ2) is 11.5. The zero-order valence-electron chi connectivity index (χ0n) is 26.5. The van der Waals surface area contributed by atoms with Gasteiger partial charge in [-0.1, -0.05) is 133 Å². The predicted octanol–water partition coefficient (Wildman–Crippen LogP) is 14.4. The molecule has 1 nitrogen and oxygen atoms in total. The minimum absolute atomic E-state index is 1.14. The van der Waals surface area contributed by atoms with Crippen molar-refractivity contribution in [1.29, 1.82) is 0 Å². The van der Waals surface area contributed by atoms with E-state index in [4.69, 9.17) is 0 Å². The molecule has 0 bridgehead atoms. The lowest BCUT2D eigenvalue weighted by atomic mass is 9.98. The van der Waals surface area contributed by atoms with Gasteiger partial charge < -0.3 is 4.90 Å². The number of benzene rings is 8. The van der Waals surface area contributed by atoms with Gasteiger partial charge in [0.15, 0.2) is 0 Å². The zero-order chi connectivity index (χ0) is 32.3. The topological polar surface area (TPSA) is 3.24 Å². The van der Waals surface area contributed by atoms with Gasteiger partial charge in [-0.25, -0.2) is 0 Å². The molecule has 0 aliphatic carbocycles. The van der Waals surface area contributed by atoms with Crippen molar-refractivity contribution in [2.24, 2.45) is 0 Å². The highest BCUT2D eigenvalue weighted by Crippen LogP contribution is 2.48. The van der Waals surface area contributed by atoms with Crippen molar-refractivity contribution in [3.8, 4) is 22.3 Å². The van der Waals surface area contributed by atoms with E-state index in [1.807, 2.05) is 22.7 Å². The van der Waals surface area contributed by atoms with Gasteiger partial charge in [-0.15, -0.1) is 22.7 Å². The fraction of sp³-hybridized carbons (Fsp3) is 0. The summed E-state index contributed by atoms with van der Waals surface area (Å²) >= 11 is 3.76. The predicted molar refractivity (Wildman–Crippen MR) is 215 cm³/mol. The van der Waals surface area contributed by atoms with E-state index in [1.165, 1.54) is 79.1 Å². The van der Waals surface area contributed by atoms with E-state index < -0.39 is 0 Å². The van der Waals surface area contributed by atoms with Crippen molar-refractivity contribution in [2.75, 3.05) is 4.90 Å². The molecule has 0 spiro atoms. The SMILES string of the molecule is c1ccc(-c2cccc3c2sc2c(N(c4ccc(-c5cccc6ccccc56)cc4)c4ccc5sc6ccccc6c5c4)cccc23)cc1. The maximum absolute atomic E-state index is 2.46. The number of hydrogen-bond donors (Lipinski definition) is 0. The third-order valence-electron chi connectivity index (χ3n) is 9.67. The van der Waals surface area contributed by atoms with E-state index in [9.17, 15) is 0 Å². The average Bonchev–Trinajstić information content (AvgIpc) is 3.74. The van der Waals surface area contributed by atoms with Gasteiger partial charge in [-0.2, -0.15) is 0 Å². The largest absolute Gasteiger partial charge is 0.309 e. The van der Waals surface area contributed by atoms with Crippen LogP contribution in [0, 0.1) is 0 Å². The first-order chi connectivity index (χ1) is 24.3. The van der Waals surface area contributed by atoms with Crippen LogP contribution in [0.2, 0.25) is 0 Å². The van der Waals surface area contributed by atoms with Crippen LogP contribution < -0.4 is 4.90 Å². The van der Waals surface area contributed by atoms with Crippen molar-refractivity contribution in [3.63, 3.8) is 0 Å². The molecule has 0 atom stereocenters. The molecular weight excluding hydrogens is 631 g/mol. The van der Waals surface area contributed by atoms with Gasteiger partial charge in [0.25, 0.3) is 0 Å². The van der Waals surface area contributed by atoms with Gasteiger partial charge in [0, 0.05) is 47.0 Å². The van der Waals surface area contributed by atoms with Crippen LogP contribution in [0.3, 0.4) is 0 Å². The van der Waals surface area contributed by atoms with Crippen LogP contribution in [-0.2, 0) is 0 Å². The summed E-state index contributed by atoms with van der Waals surface area (Å²) in [7, 11) is 0. The number of nitrogens with zero attached hydrogens (tertiary/aromatic N) is 1. The van der Waals surface area contributed by atoms with Crippen LogP contribution in [-0.4, -0.2) is 0 Å². The Bertz CT molecular complexity index is 2820. The summed E-state index contributed by atoms with van der Waals surface area (Å²) in [6.07, 6.45) is 0. The Kier molecular flexibility index (Phi) is 6.61. The number of rotatable bonds is 5. The first-order valence-corrected chi connectivity index (χ1v) is 18.2. The number of hydrogen-bond acceptors (Lipinski definition) is 3. The van der Waals surface area contributed by atoms with Crippen molar-refractivity contribution >= 4 is 90.9 Å². The molecule has 2 heterocycles. The second-order valence-electron chi connectivity index (χ2n) is 12.5. The molecule has 3 heteroatoms. The summed E-state index contributed by atoms with van der Waals surface area (Å²) in [6.45, 7) is 0. The van der Waals surface area contributed by atoms with Crippen molar-refractivity contribution < 1.29 is 0 Å². The maximum atomic E-state index is 2.46. The van der Waals surface area contributed by atoms with E-state index in [2.05, 4.69) is 181 Å².